The topological polar surface area (TPSA) is 15.7 Å². The van der Waals surface area contributed by atoms with Gasteiger partial charge in [-0.2, -0.15) is 0 Å². The second-order valence-electron chi connectivity index (χ2n) is 8.16. The van der Waals surface area contributed by atoms with Crippen molar-refractivity contribution in [2.45, 2.75) is 77.4 Å². The standard InChI is InChI=1S/C17H34N2O/c1-16(2,3)19-11-12-20-14-15(19)13-17(4,5)18-9-7-6-8-10-18/h15H,6-14H2,1-5H3. The van der Waals surface area contributed by atoms with E-state index in [0.29, 0.717) is 6.04 Å². The van der Waals surface area contributed by atoms with Crippen LogP contribution in [0.5, 0.6) is 0 Å². The smallest absolute Gasteiger partial charge is 0.0623 e. The van der Waals surface area contributed by atoms with E-state index in [1.54, 1.807) is 0 Å². The van der Waals surface area contributed by atoms with Gasteiger partial charge in [-0.15, -0.1) is 0 Å². The fraction of sp³-hybridized carbons (Fsp3) is 1.00. The molecule has 1 atom stereocenters. The van der Waals surface area contributed by atoms with Crippen molar-refractivity contribution in [2.75, 3.05) is 32.8 Å². The first-order chi connectivity index (χ1) is 9.31. The molecule has 0 bridgehead atoms. The lowest BCUT2D eigenvalue weighted by molar-refractivity contribution is -0.0691. The zero-order chi connectivity index (χ0) is 14.8. The molecule has 3 heteroatoms. The van der Waals surface area contributed by atoms with E-state index in [9.17, 15) is 0 Å². The van der Waals surface area contributed by atoms with Gasteiger partial charge < -0.3 is 4.74 Å². The van der Waals surface area contributed by atoms with Crippen molar-refractivity contribution in [3.05, 3.63) is 0 Å². The normalized spacial score (nSPS) is 27.8. The van der Waals surface area contributed by atoms with Crippen LogP contribution in [0.4, 0.5) is 0 Å². The van der Waals surface area contributed by atoms with Crippen molar-refractivity contribution in [1.82, 2.24) is 9.80 Å². The van der Waals surface area contributed by atoms with Gasteiger partial charge in [-0.1, -0.05) is 6.42 Å². The zero-order valence-electron chi connectivity index (χ0n) is 14.2. The Kier molecular flexibility index (Phi) is 5.14. The minimum Gasteiger partial charge on any atom is -0.378 e. The van der Waals surface area contributed by atoms with E-state index in [0.717, 1.165) is 19.8 Å². The molecule has 2 aliphatic heterocycles. The zero-order valence-corrected chi connectivity index (χ0v) is 14.2. The molecule has 2 saturated heterocycles. The molecular weight excluding hydrogens is 248 g/mol. The van der Waals surface area contributed by atoms with Crippen molar-refractivity contribution in [3.63, 3.8) is 0 Å². The molecule has 0 amide bonds. The Balaban J connectivity index is 2.01. The second-order valence-corrected chi connectivity index (χ2v) is 8.16. The fourth-order valence-electron chi connectivity index (χ4n) is 3.91. The van der Waals surface area contributed by atoms with Crippen LogP contribution < -0.4 is 0 Å². The maximum absolute atomic E-state index is 5.78. The fourth-order valence-corrected chi connectivity index (χ4v) is 3.91. The third-order valence-electron chi connectivity index (χ3n) is 5.04. The predicted octanol–water partition coefficient (Wildman–Crippen LogP) is 3.14. The Morgan fingerprint density at radius 2 is 1.60 bits per heavy atom. The number of morpholine rings is 1. The van der Waals surface area contributed by atoms with Gasteiger partial charge in [0, 0.05) is 23.7 Å². The van der Waals surface area contributed by atoms with E-state index in [2.05, 4.69) is 44.4 Å². The SMILES string of the molecule is CC(C)(C)N1CCOCC1CC(C)(C)N1CCCCC1. The van der Waals surface area contributed by atoms with Gasteiger partial charge in [0.05, 0.1) is 13.2 Å². The summed E-state index contributed by atoms with van der Waals surface area (Å²) in [6, 6.07) is 0.556. The van der Waals surface area contributed by atoms with Gasteiger partial charge in [0.2, 0.25) is 0 Å². The van der Waals surface area contributed by atoms with Gasteiger partial charge in [0.15, 0.2) is 0 Å². The van der Waals surface area contributed by atoms with E-state index in [4.69, 9.17) is 4.74 Å². The molecule has 2 rings (SSSR count). The summed E-state index contributed by atoms with van der Waals surface area (Å²) >= 11 is 0. The first-order valence-corrected chi connectivity index (χ1v) is 8.40. The number of hydrogen-bond donors (Lipinski definition) is 0. The van der Waals surface area contributed by atoms with Crippen LogP contribution in [-0.4, -0.2) is 59.8 Å². The first-order valence-electron chi connectivity index (χ1n) is 8.40. The number of nitrogens with zero attached hydrogens (tertiary/aromatic N) is 2. The Morgan fingerprint density at radius 1 is 0.950 bits per heavy atom. The molecule has 1 unspecified atom stereocenters. The minimum atomic E-state index is 0.242. The van der Waals surface area contributed by atoms with Crippen LogP contribution in [0.3, 0.4) is 0 Å². The summed E-state index contributed by atoms with van der Waals surface area (Å²) < 4.78 is 5.78. The average molecular weight is 282 g/mol. The molecule has 2 fully saturated rings. The molecule has 0 aliphatic carbocycles. The number of piperidine rings is 1. The molecule has 0 saturated carbocycles. The highest BCUT2D eigenvalue weighted by atomic mass is 16.5. The second kappa shape index (κ2) is 6.33. The third-order valence-corrected chi connectivity index (χ3v) is 5.04. The molecule has 118 valence electrons. The molecule has 2 heterocycles. The maximum Gasteiger partial charge on any atom is 0.0623 e. The highest BCUT2D eigenvalue weighted by molar-refractivity contribution is 4.93. The Hall–Kier alpha value is -0.120. The van der Waals surface area contributed by atoms with Gasteiger partial charge in [0.25, 0.3) is 0 Å². The summed E-state index contributed by atoms with van der Waals surface area (Å²) in [7, 11) is 0. The van der Waals surface area contributed by atoms with E-state index >= 15 is 0 Å². The van der Waals surface area contributed by atoms with Crippen LogP contribution in [0.25, 0.3) is 0 Å². The summed E-state index contributed by atoms with van der Waals surface area (Å²) in [5, 5.41) is 0. The molecular formula is C17H34N2O. The van der Waals surface area contributed by atoms with Gasteiger partial charge in [-0.25, -0.2) is 0 Å². The van der Waals surface area contributed by atoms with Gasteiger partial charge in [-0.3, -0.25) is 9.80 Å². The summed E-state index contributed by atoms with van der Waals surface area (Å²) in [6.07, 6.45) is 5.36. The van der Waals surface area contributed by atoms with E-state index in [1.165, 1.54) is 38.8 Å². The summed E-state index contributed by atoms with van der Waals surface area (Å²) in [4.78, 5) is 5.36. The van der Waals surface area contributed by atoms with Crippen molar-refractivity contribution >= 4 is 0 Å². The van der Waals surface area contributed by atoms with Gasteiger partial charge in [0.1, 0.15) is 0 Å². The minimum absolute atomic E-state index is 0.242. The quantitative estimate of drug-likeness (QED) is 0.791. The Bertz CT molecular complexity index is 303. The maximum atomic E-state index is 5.78. The van der Waals surface area contributed by atoms with Crippen LogP contribution in [0.1, 0.15) is 60.3 Å². The molecule has 0 aromatic carbocycles. The number of likely N-dealkylation sites (tertiary alicyclic amines) is 1. The molecule has 0 spiro atoms. The molecule has 0 aromatic heterocycles. The molecule has 0 N–H and O–H groups in total. The van der Waals surface area contributed by atoms with E-state index in [1.807, 2.05) is 0 Å². The van der Waals surface area contributed by atoms with Crippen LogP contribution in [0, 0.1) is 0 Å². The Morgan fingerprint density at radius 3 is 2.20 bits per heavy atom. The first kappa shape index (κ1) is 16.3. The van der Waals surface area contributed by atoms with Gasteiger partial charge >= 0.3 is 0 Å². The largest absolute Gasteiger partial charge is 0.378 e. The molecule has 0 aromatic rings. The van der Waals surface area contributed by atoms with Crippen molar-refractivity contribution in [1.29, 1.82) is 0 Å². The van der Waals surface area contributed by atoms with Crippen LogP contribution in [-0.2, 0) is 4.74 Å². The average Bonchev–Trinajstić information content (AvgIpc) is 2.39. The van der Waals surface area contributed by atoms with Crippen molar-refractivity contribution in [2.24, 2.45) is 0 Å². The van der Waals surface area contributed by atoms with Crippen LogP contribution in [0.2, 0.25) is 0 Å². The summed E-state index contributed by atoms with van der Waals surface area (Å²) in [5.41, 5.74) is 0.529. The number of hydrogen-bond acceptors (Lipinski definition) is 3. The lowest BCUT2D eigenvalue weighted by Gasteiger charge is -2.49. The monoisotopic (exact) mass is 282 g/mol. The summed E-state index contributed by atoms with van der Waals surface area (Å²) in [5.74, 6) is 0. The Labute approximate surface area is 125 Å². The molecule has 20 heavy (non-hydrogen) atoms. The molecule has 3 nitrogen and oxygen atoms in total. The predicted molar refractivity (Wildman–Crippen MR) is 85.2 cm³/mol. The molecule has 2 aliphatic rings. The lowest BCUT2D eigenvalue weighted by Crippen LogP contribution is -2.58. The van der Waals surface area contributed by atoms with E-state index in [-0.39, 0.29) is 11.1 Å². The number of ether oxygens (including phenoxy) is 1. The lowest BCUT2D eigenvalue weighted by atomic mass is 9.88. The van der Waals surface area contributed by atoms with E-state index < -0.39 is 0 Å². The van der Waals surface area contributed by atoms with Gasteiger partial charge in [-0.05, 0) is 67.0 Å². The van der Waals surface area contributed by atoms with Crippen molar-refractivity contribution < 1.29 is 4.74 Å². The van der Waals surface area contributed by atoms with Crippen molar-refractivity contribution in [3.8, 4) is 0 Å². The molecule has 0 radical (unpaired) electrons. The van der Waals surface area contributed by atoms with Crippen LogP contribution >= 0.6 is 0 Å². The highest BCUT2D eigenvalue weighted by Crippen LogP contribution is 2.30. The van der Waals surface area contributed by atoms with Crippen LogP contribution in [0.15, 0.2) is 0 Å². The highest BCUT2D eigenvalue weighted by Gasteiger charge is 2.37. The third kappa shape index (κ3) is 3.96. The summed E-state index contributed by atoms with van der Waals surface area (Å²) in [6.45, 7) is 17.3. The number of rotatable bonds is 3.